The summed E-state index contributed by atoms with van der Waals surface area (Å²) in [6.07, 6.45) is -0.418. The first-order valence-electron chi connectivity index (χ1n) is 7.49. The molecule has 0 radical (unpaired) electrons. The first kappa shape index (κ1) is 15.2. The van der Waals surface area contributed by atoms with Crippen LogP contribution in [0.2, 0.25) is 0 Å². The molecule has 0 N–H and O–H groups in total. The number of ether oxygens (including phenoxy) is 1. The Morgan fingerprint density at radius 1 is 0.913 bits per heavy atom. The minimum atomic E-state index is -0.779. The van der Waals surface area contributed by atoms with Crippen LogP contribution in [0.1, 0.15) is 17.5 Å². The summed E-state index contributed by atoms with van der Waals surface area (Å²) in [5.74, 6) is -0.443. The maximum Gasteiger partial charge on any atom is 0.442 e. The molecule has 1 aliphatic heterocycles. The van der Waals surface area contributed by atoms with Crippen molar-refractivity contribution in [3.05, 3.63) is 71.8 Å². The number of amides is 2. The second-order valence-corrected chi connectivity index (χ2v) is 5.29. The number of hydroxylamine groups is 2. The molecule has 0 aromatic heterocycles. The van der Waals surface area contributed by atoms with Crippen molar-refractivity contribution in [2.24, 2.45) is 0 Å². The summed E-state index contributed by atoms with van der Waals surface area (Å²) in [4.78, 5) is 29.3. The van der Waals surface area contributed by atoms with E-state index in [0.717, 1.165) is 16.2 Å². The third-order valence-electron chi connectivity index (χ3n) is 3.63. The van der Waals surface area contributed by atoms with E-state index >= 15 is 0 Å². The highest BCUT2D eigenvalue weighted by Gasteiger charge is 2.41. The van der Waals surface area contributed by atoms with Crippen LogP contribution in [0.4, 0.5) is 4.79 Å². The topological polar surface area (TPSA) is 55.8 Å². The first-order chi connectivity index (χ1) is 11.2. The number of hydrogen-bond acceptors (Lipinski definition) is 4. The molecular formula is C18H17NO4. The second-order valence-electron chi connectivity index (χ2n) is 5.29. The van der Waals surface area contributed by atoms with Gasteiger partial charge in [0.05, 0.1) is 0 Å². The van der Waals surface area contributed by atoms with Gasteiger partial charge in [-0.15, -0.1) is 5.06 Å². The Bertz CT molecular complexity index is 672. The van der Waals surface area contributed by atoms with Gasteiger partial charge in [0.2, 0.25) is 0 Å². The van der Waals surface area contributed by atoms with Crippen molar-refractivity contribution >= 4 is 12.0 Å². The zero-order valence-electron chi connectivity index (χ0n) is 12.6. The number of carbonyl (C=O) groups is 2. The van der Waals surface area contributed by atoms with Crippen molar-refractivity contribution < 1.29 is 19.2 Å². The first-order valence-corrected chi connectivity index (χ1v) is 7.49. The van der Waals surface area contributed by atoms with E-state index < -0.39 is 18.1 Å². The van der Waals surface area contributed by atoms with Gasteiger partial charge in [-0.25, -0.2) is 4.79 Å². The summed E-state index contributed by atoms with van der Waals surface area (Å²) in [6, 6.07) is 19.1. The minimum Gasteiger partial charge on any atom is -0.434 e. The van der Waals surface area contributed by atoms with Gasteiger partial charge in [-0.2, -0.15) is 0 Å². The van der Waals surface area contributed by atoms with Crippen LogP contribution >= 0.6 is 0 Å². The van der Waals surface area contributed by atoms with Crippen LogP contribution < -0.4 is 0 Å². The predicted molar refractivity (Wildman–Crippen MR) is 83.1 cm³/mol. The van der Waals surface area contributed by atoms with Crippen molar-refractivity contribution in [1.82, 2.24) is 5.06 Å². The lowest BCUT2D eigenvalue weighted by atomic mass is 10.1. The van der Waals surface area contributed by atoms with Gasteiger partial charge in [0.25, 0.3) is 5.91 Å². The van der Waals surface area contributed by atoms with Crippen LogP contribution in [0.5, 0.6) is 0 Å². The van der Waals surface area contributed by atoms with E-state index in [2.05, 4.69) is 0 Å². The molecule has 2 aromatic carbocycles. The minimum absolute atomic E-state index is 0.146. The molecule has 5 nitrogen and oxygen atoms in total. The molecule has 0 aliphatic carbocycles. The van der Waals surface area contributed by atoms with E-state index in [-0.39, 0.29) is 6.61 Å². The Hall–Kier alpha value is -2.66. The van der Waals surface area contributed by atoms with E-state index in [0.29, 0.717) is 12.8 Å². The molecule has 0 bridgehead atoms. The molecule has 1 saturated heterocycles. The van der Waals surface area contributed by atoms with Gasteiger partial charge in [-0.1, -0.05) is 60.7 Å². The Balaban J connectivity index is 1.54. The largest absolute Gasteiger partial charge is 0.442 e. The summed E-state index contributed by atoms with van der Waals surface area (Å²) < 4.78 is 5.11. The molecule has 1 atom stereocenters. The number of cyclic esters (lactones) is 1. The molecule has 3 rings (SSSR count). The number of imide groups is 1. The van der Waals surface area contributed by atoms with Gasteiger partial charge in [0, 0.05) is 0 Å². The fourth-order valence-corrected chi connectivity index (χ4v) is 2.40. The van der Waals surface area contributed by atoms with E-state index in [4.69, 9.17) is 9.57 Å². The lowest BCUT2D eigenvalue weighted by Crippen LogP contribution is -2.31. The Labute approximate surface area is 134 Å². The predicted octanol–water partition coefficient (Wildman–Crippen LogP) is 3.10. The quantitative estimate of drug-likeness (QED) is 0.822. The Kier molecular flexibility index (Phi) is 4.68. The van der Waals surface area contributed by atoms with Crippen LogP contribution in [-0.2, 0) is 27.4 Å². The fraction of sp³-hybridized carbons (Fsp3) is 0.222. The zero-order chi connectivity index (χ0) is 16.1. The van der Waals surface area contributed by atoms with Crippen LogP contribution in [0, 0.1) is 0 Å². The molecule has 2 aromatic rings. The van der Waals surface area contributed by atoms with Gasteiger partial charge in [-0.3, -0.25) is 9.63 Å². The Morgan fingerprint density at radius 3 is 2.17 bits per heavy atom. The van der Waals surface area contributed by atoms with Crippen molar-refractivity contribution in [3.63, 3.8) is 0 Å². The summed E-state index contributed by atoms with van der Waals surface area (Å²) in [5, 5.41) is 0.725. The molecule has 1 fully saturated rings. The zero-order valence-corrected chi connectivity index (χ0v) is 12.6. The maximum absolute atomic E-state index is 12.2. The fourth-order valence-electron chi connectivity index (χ4n) is 2.40. The summed E-state index contributed by atoms with van der Waals surface area (Å²) >= 11 is 0. The number of hydrogen-bond donors (Lipinski definition) is 0. The average Bonchev–Trinajstić information content (AvgIpc) is 2.87. The molecule has 118 valence electrons. The maximum atomic E-state index is 12.2. The summed E-state index contributed by atoms with van der Waals surface area (Å²) in [5.41, 5.74) is 1.97. The number of nitrogens with zero attached hydrogens (tertiary/aromatic N) is 1. The normalized spacial score (nSPS) is 17.4. The van der Waals surface area contributed by atoms with E-state index in [1.54, 1.807) is 0 Å². The number of rotatable bonds is 6. The lowest BCUT2D eigenvalue weighted by Gasteiger charge is -2.11. The second kappa shape index (κ2) is 7.07. The highest BCUT2D eigenvalue weighted by atomic mass is 16.8. The van der Waals surface area contributed by atoms with Gasteiger partial charge in [0.1, 0.15) is 6.61 Å². The highest BCUT2D eigenvalue weighted by molar-refractivity contribution is 5.98. The van der Waals surface area contributed by atoms with Gasteiger partial charge >= 0.3 is 6.09 Å². The van der Waals surface area contributed by atoms with Crippen molar-refractivity contribution in [3.8, 4) is 0 Å². The molecule has 1 heterocycles. The van der Waals surface area contributed by atoms with Crippen molar-refractivity contribution in [2.75, 3.05) is 0 Å². The number of benzene rings is 2. The van der Waals surface area contributed by atoms with E-state index in [1.165, 1.54) is 0 Å². The molecule has 0 spiro atoms. The molecule has 23 heavy (non-hydrogen) atoms. The van der Waals surface area contributed by atoms with Crippen molar-refractivity contribution in [2.45, 2.75) is 25.6 Å². The van der Waals surface area contributed by atoms with Gasteiger partial charge in [0.15, 0.2) is 6.10 Å². The van der Waals surface area contributed by atoms with Crippen LogP contribution in [0.15, 0.2) is 60.7 Å². The van der Waals surface area contributed by atoms with Crippen LogP contribution in [0.3, 0.4) is 0 Å². The molecule has 0 saturated carbocycles. The van der Waals surface area contributed by atoms with Crippen LogP contribution in [-0.4, -0.2) is 23.2 Å². The van der Waals surface area contributed by atoms with Gasteiger partial charge in [-0.05, 0) is 24.0 Å². The molecular weight excluding hydrogens is 294 g/mol. The smallest absolute Gasteiger partial charge is 0.434 e. The van der Waals surface area contributed by atoms with E-state index in [1.807, 2.05) is 60.7 Å². The average molecular weight is 311 g/mol. The third-order valence-corrected chi connectivity index (χ3v) is 3.63. The Morgan fingerprint density at radius 2 is 1.52 bits per heavy atom. The van der Waals surface area contributed by atoms with Crippen LogP contribution in [0.25, 0.3) is 0 Å². The monoisotopic (exact) mass is 311 g/mol. The molecule has 1 unspecified atom stereocenters. The SMILES string of the molecule is O=C1OC(CCc2ccccc2)C(=O)N1OCc1ccccc1. The van der Waals surface area contributed by atoms with E-state index in [9.17, 15) is 9.59 Å². The number of aryl methyl sites for hydroxylation is 1. The lowest BCUT2D eigenvalue weighted by molar-refractivity contribution is -0.167. The highest BCUT2D eigenvalue weighted by Crippen LogP contribution is 2.19. The summed E-state index contributed by atoms with van der Waals surface area (Å²) in [6.45, 7) is 0.146. The summed E-state index contributed by atoms with van der Waals surface area (Å²) in [7, 11) is 0. The number of carbonyl (C=O) groups excluding carboxylic acids is 2. The standard InChI is InChI=1S/C18H17NO4/c20-17-16(12-11-14-7-3-1-4-8-14)23-18(21)19(17)22-13-15-9-5-2-6-10-15/h1-10,16H,11-13H2. The third kappa shape index (κ3) is 3.76. The molecule has 5 heteroatoms. The molecule has 1 aliphatic rings. The van der Waals surface area contributed by atoms with Gasteiger partial charge < -0.3 is 4.74 Å². The molecule has 2 amide bonds. The van der Waals surface area contributed by atoms with Crippen molar-refractivity contribution in [1.29, 1.82) is 0 Å².